The van der Waals surface area contributed by atoms with Gasteiger partial charge in [-0.25, -0.2) is 13.1 Å². The Morgan fingerprint density at radius 3 is 2.00 bits per heavy atom. The van der Waals surface area contributed by atoms with E-state index in [1.807, 2.05) is 20.8 Å². The predicted octanol–water partition coefficient (Wildman–Crippen LogP) is 0.291. The lowest BCUT2D eigenvalue weighted by atomic mass is 10.0. The zero-order valence-corrected chi connectivity index (χ0v) is 6.87. The third-order valence-corrected chi connectivity index (χ3v) is 2.07. The Bertz CT molecular complexity index is 143. The summed E-state index contributed by atoms with van der Waals surface area (Å²) in [6.07, 6.45) is 0.802. The van der Waals surface area contributed by atoms with Crippen LogP contribution in [0.2, 0.25) is 0 Å². The lowest BCUT2D eigenvalue weighted by Gasteiger charge is -2.19. The summed E-state index contributed by atoms with van der Waals surface area (Å²) in [6.45, 7) is 5.63. The van der Waals surface area contributed by atoms with Gasteiger partial charge in [0, 0.05) is 5.54 Å². The maximum absolute atomic E-state index is 10.1. The molecule has 0 rings (SSSR count). The summed E-state index contributed by atoms with van der Waals surface area (Å²) in [6, 6.07) is 0. The highest BCUT2D eigenvalue weighted by Crippen LogP contribution is 2.05. The summed E-state index contributed by atoms with van der Waals surface area (Å²) in [5, 5.41) is 0. The van der Waals surface area contributed by atoms with Crippen LogP contribution in [0.3, 0.4) is 0 Å². The Balaban J connectivity index is 3.86. The second-order valence-corrected chi connectivity index (χ2v) is 3.34. The fraction of sp³-hybridized carbons (Fsp3) is 1.00. The molecule has 0 heterocycles. The van der Waals surface area contributed by atoms with Gasteiger partial charge in [-0.1, -0.05) is 6.92 Å². The van der Waals surface area contributed by atoms with Gasteiger partial charge in [-0.2, -0.15) is 0 Å². The van der Waals surface area contributed by atoms with Crippen LogP contribution in [0.4, 0.5) is 0 Å². The molecule has 0 unspecified atom stereocenters. The number of rotatable bonds is 3. The molecule has 0 aliphatic heterocycles. The molecule has 0 aliphatic carbocycles. The first-order chi connectivity index (χ1) is 3.98. The van der Waals surface area contributed by atoms with Gasteiger partial charge >= 0.3 is 0 Å². The summed E-state index contributed by atoms with van der Waals surface area (Å²) in [5.74, 6) is 0. The van der Waals surface area contributed by atoms with Gasteiger partial charge in [0.1, 0.15) is 0 Å². The van der Waals surface area contributed by atoms with Crippen molar-refractivity contribution >= 4 is 10.9 Å². The van der Waals surface area contributed by atoms with Gasteiger partial charge in [0.2, 0.25) is 10.9 Å². The normalized spacial score (nSPS) is 12.4. The molecular weight excluding hydrogens is 138 g/mol. The molecule has 0 amide bonds. The van der Waals surface area contributed by atoms with Crippen LogP contribution in [0.1, 0.15) is 27.2 Å². The van der Waals surface area contributed by atoms with Gasteiger partial charge in [-0.05, 0) is 20.3 Å². The predicted molar refractivity (Wildman–Crippen MR) is 37.8 cm³/mol. The van der Waals surface area contributed by atoms with E-state index >= 15 is 0 Å². The van der Waals surface area contributed by atoms with Crippen molar-refractivity contribution in [1.82, 2.24) is 4.72 Å². The van der Waals surface area contributed by atoms with Crippen LogP contribution in [0.5, 0.6) is 0 Å². The number of nitrogens with one attached hydrogen (secondary N) is 1. The molecule has 0 aliphatic rings. The smallest absolute Gasteiger partial charge is 0.201 e. The monoisotopic (exact) mass is 151 g/mol. The Morgan fingerprint density at radius 1 is 1.44 bits per heavy atom. The van der Waals surface area contributed by atoms with E-state index in [9.17, 15) is 8.42 Å². The summed E-state index contributed by atoms with van der Waals surface area (Å²) < 4.78 is 22.6. The third-order valence-electron chi connectivity index (χ3n) is 1.28. The van der Waals surface area contributed by atoms with Crippen molar-refractivity contribution in [1.29, 1.82) is 0 Å². The Morgan fingerprint density at radius 2 is 1.89 bits per heavy atom. The van der Waals surface area contributed by atoms with Crippen molar-refractivity contribution < 1.29 is 8.42 Å². The lowest BCUT2D eigenvalue weighted by Crippen LogP contribution is -2.36. The van der Waals surface area contributed by atoms with Crippen molar-refractivity contribution in [2.45, 2.75) is 32.7 Å². The topological polar surface area (TPSA) is 46.2 Å². The van der Waals surface area contributed by atoms with E-state index in [-0.39, 0.29) is 5.54 Å². The highest BCUT2D eigenvalue weighted by Gasteiger charge is 2.13. The highest BCUT2D eigenvalue weighted by molar-refractivity contribution is 7.70. The number of thiol groups is 1. The molecule has 0 saturated heterocycles. The van der Waals surface area contributed by atoms with E-state index in [1.165, 1.54) is 0 Å². The van der Waals surface area contributed by atoms with E-state index in [0.29, 0.717) is 0 Å². The highest BCUT2D eigenvalue weighted by atomic mass is 32.2. The molecular formula is C5H13NO2S. The molecule has 9 heavy (non-hydrogen) atoms. The van der Waals surface area contributed by atoms with E-state index in [0.717, 1.165) is 6.42 Å². The van der Waals surface area contributed by atoms with Crippen LogP contribution in [-0.2, 0) is 10.9 Å². The van der Waals surface area contributed by atoms with Crippen molar-refractivity contribution in [3.63, 3.8) is 0 Å². The molecule has 0 saturated carbocycles. The van der Waals surface area contributed by atoms with Crippen molar-refractivity contribution in [2.75, 3.05) is 0 Å². The van der Waals surface area contributed by atoms with Crippen LogP contribution in [0.15, 0.2) is 0 Å². The van der Waals surface area contributed by atoms with Crippen LogP contribution < -0.4 is 4.72 Å². The summed E-state index contributed by atoms with van der Waals surface area (Å²) >= 11 is 0. The van der Waals surface area contributed by atoms with Crippen LogP contribution in [0, 0.1) is 0 Å². The van der Waals surface area contributed by atoms with Crippen LogP contribution >= 0.6 is 0 Å². The standard InChI is InChI=1S/C5H13NO2S/c1-4-5(2,3)6-9(7)8/h9H,4H2,1-3H3,(H,6,7,8). The minimum Gasteiger partial charge on any atom is -0.215 e. The SMILES string of the molecule is CCC(C)(C)N[SH](=O)=O. The minimum absolute atomic E-state index is 0.283. The molecule has 0 radical (unpaired) electrons. The van der Waals surface area contributed by atoms with Gasteiger partial charge in [0.05, 0.1) is 0 Å². The van der Waals surface area contributed by atoms with Gasteiger partial charge in [-0.15, -0.1) is 0 Å². The van der Waals surface area contributed by atoms with Gasteiger partial charge < -0.3 is 0 Å². The molecule has 0 aromatic heterocycles. The van der Waals surface area contributed by atoms with E-state index in [2.05, 4.69) is 4.72 Å². The molecule has 1 N–H and O–H groups in total. The molecule has 3 nitrogen and oxygen atoms in total. The average molecular weight is 151 g/mol. The second-order valence-electron chi connectivity index (χ2n) is 2.61. The Kier molecular flexibility index (Phi) is 3.14. The van der Waals surface area contributed by atoms with Crippen molar-refractivity contribution in [2.24, 2.45) is 0 Å². The molecule has 0 aromatic carbocycles. The summed E-state index contributed by atoms with van der Waals surface area (Å²) in [5.41, 5.74) is -0.283. The van der Waals surface area contributed by atoms with Gasteiger partial charge in [-0.3, -0.25) is 0 Å². The van der Waals surface area contributed by atoms with E-state index in [1.54, 1.807) is 0 Å². The fourth-order valence-corrected chi connectivity index (χ4v) is 0.979. The van der Waals surface area contributed by atoms with Crippen LogP contribution in [0.25, 0.3) is 0 Å². The van der Waals surface area contributed by atoms with Crippen molar-refractivity contribution in [3.05, 3.63) is 0 Å². The number of hydrogen-bond donors (Lipinski definition) is 2. The first kappa shape index (κ1) is 8.91. The van der Waals surface area contributed by atoms with E-state index < -0.39 is 10.9 Å². The first-order valence-corrected chi connectivity index (χ1v) is 4.08. The maximum Gasteiger partial charge on any atom is 0.201 e. The van der Waals surface area contributed by atoms with Gasteiger partial charge in [0.25, 0.3) is 0 Å². The number of hydrogen-bond acceptors (Lipinski definition) is 2. The fourth-order valence-electron chi connectivity index (χ4n) is 0.326. The second kappa shape index (κ2) is 3.17. The zero-order valence-electron chi connectivity index (χ0n) is 5.97. The lowest BCUT2D eigenvalue weighted by molar-refractivity contribution is 0.446. The third kappa shape index (κ3) is 4.42. The maximum atomic E-state index is 10.1. The first-order valence-electron chi connectivity index (χ1n) is 2.90. The van der Waals surface area contributed by atoms with Crippen molar-refractivity contribution in [3.8, 4) is 0 Å². The average Bonchev–Trinajstić information content (AvgIpc) is 1.63. The Hall–Kier alpha value is -0.0900. The van der Waals surface area contributed by atoms with Crippen LogP contribution in [-0.4, -0.2) is 14.0 Å². The summed E-state index contributed by atoms with van der Waals surface area (Å²) in [7, 11) is -2.44. The zero-order chi connectivity index (χ0) is 7.49. The molecule has 4 heteroatoms. The minimum atomic E-state index is -2.44. The molecule has 0 bridgehead atoms. The molecule has 0 spiro atoms. The van der Waals surface area contributed by atoms with E-state index in [4.69, 9.17) is 0 Å². The molecule has 0 atom stereocenters. The molecule has 0 aromatic rings. The molecule has 56 valence electrons. The summed E-state index contributed by atoms with van der Waals surface area (Å²) in [4.78, 5) is 0. The van der Waals surface area contributed by atoms with Gasteiger partial charge in [0.15, 0.2) is 0 Å². The quantitative estimate of drug-likeness (QED) is 0.569. The molecule has 0 fully saturated rings. The Labute approximate surface area is 57.5 Å². The largest absolute Gasteiger partial charge is 0.215 e.